The van der Waals surface area contributed by atoms with Crippen LogP contribution in [-0.4, -0.2) is 36.8 Å². The highest BCUT2D eigenvalue weighted by atomic mass is 16.5. The fourth-order valence-corrected chi connectivity index (χ4v) is 3.80. The maximum absolute atomic E-state index is 13.2. The molecule has 3 aromatic carbocycles. The molecule has 4 rings (SSSR count). The van der Waals surface area contributed by atoms with Gasteiger partial charge in [-0.05, 0) is 36.8 Å². The second-order valence-corrected chi connectivity index (χ2v) is 7.26. The summed E-state index contributed by atoms with van der Waals surface area (Å²) in [6.07, 6.45) is -0.598. The van der Waals surface area contributed by atoms with Gasteiger partial charge in [0.05, 0.1) is 36.4 Å². The van der Waals surface area contributed by atoms with Crippen molar-refractivity contribution >= 4 is 39.8 Å². The monoisotopic (exact) mass is 431 g/mol. The molecule has 0 atom stereocenters. The van der Waals surface area contributed by atoms with E-state index in [4.69, 9.17) is 14.2 Å². The van der Waals surface area contributed by atoms with Crippen LogP contribution in [0, 0.1) is 6.92 Å². The minimum Gasteiger partial charge on any atom is -0.465 e. The fraction of sp³-hybridized carbons (Fsp3) is 0.160. The Morgan fingerprint density at radius 1 is 0.844 bits per heavy atom. The summed E-state index contributed by atoms with van der Waals surface area (Å²) in [5, 5.41) is 1.05. The van der Waals surface area contributed by atoms with Crippen molar-refractivity contribution in [3.63, 3.8) is 0 Å². The number of fused-ring (bicyclic) bond motifs is 3. The quantitative estimate of drug-likeness (QED) is 0.339. The van der Waals surface area contributed by atoms with Crippen LogP contribution >= 0.6 is 0 Å². The van der Waals surface area contributed by atoms with Gasteiger partial charge in [-0.2, -0.15) is 0 Å². The zero-order chi connectivity index (χ0) is 22.8. The predicted molar refractivity (Wildman–Crippen MR) is 119 cm³/mol. The van der Waals surface area contributed by atoms with Gasteiger partial charge in [-0.25, -0.2) is 19.0 Å². The normalized spacial score (nSPS) is 10.8. The molecule has 0 aliphatic carbocycles. The number of hydrogen-bond acceptors (Lipinski definition) is 6. The molecule has 7 heteroatoms. The Balaban J connectivity index is 1.96. The van der Waals surface area contributed by atoms with E-state index in [0.717, 1.165) is 11.1 Å². The summed E-state index contributed by atoms with van der Waals surface area (Å²) in [5.41, 5.74) is 2.86. The van der Waals surface area contributed by atoms with Crippen molar-refractivity contribution < 1.29 is 28.6 Å². The first-order valence-electron chi connectivity index (χ1n) is 9.91. The number of rotatable bonds is 4. The number of aryl methyl sites for hydroxylation is 1. The van der Waals surface area contributed by atoms with Gasteiger partial charge in [-0.3, -0.25) is 0 Å². The first kappa shape index (κ1) is 21.1. The maximum Gasteiger partial charge on any atom is 0.419 e. The molecule has 1 heterocycles. The van der Waals surface area contributed by atoms with E-state index in [1.54, 1.807) is 12.1 Å². The molecule has 0 aliphatic heterocycles. The van der Waals surface area contributed by atoms with E-state index >= 15 is 0 Å². The van der Waals surface area contributed by atoms with Crippen molar-refractivity contribution in [3.05, 3.63) is 82.9 Å². The molecular weight excluding hydrogens is 410 g/mol. The molecule has 1 aromatic heterocycles. The van der Waals surface area contributed by atoms with E-state index in [9.17, 15) is 14.4 Å². The molecule has 0 fully saturated rings. The van der Waals surface area contributed by atoms with E-state index < -0.39 is 18.0 Å². The number of aromatic nitrogens is 1. The van der Waals surface area contributed by atoms with Gasteiger partial charge in [0.15, 0.2) is 0 Å². The Bertz CT molecular complexity index is 1350. The summed E-state index contributed by atoms with van der Waals surface area (Å²) in [6, 6.07) is 17.9. The molecule has 162 valence electrons. The summed E-state index contributed by atoms with van der Waals surface area (Å²) in [4.78, 5) is 38.3. The summed E-state index contributed by atoms with van der Waals surface area (Å²) in [6.45, 7) is 2.00. The Hall–Kier alpha value is -4.13. The third kappa shape index (κ3) is 3.58. The number of ether oxygens (including phenoxy) is 3. The van der Waals surface area contributed by atoms with Crippen molar-refractivity contribution in [2.24, 2.45) is 0 Å². The zero-order valence-electron chi connectivity index (χ0n) is 17.9. The lowest BCUT2D eigenvalue weighted by Gasteiger charge is -2.10. The summed E-state index contributed by atoms with van der Waals surface area (Å²) >= 11 is 0. The van der Waals surface area contributed by atoms with Gasteiger partial charge in [0.1, 0.15) is 6.61 Å². The number of esters is 2. The van der Waals surface area contributed by atoms with Gasteiger partial charge in [0.25, 0.3) is 0 Å². The van der Waals surface area contributed by atoms with E-state index in [2.05, 4.69) is 0 Å². The second-order valence-electron chi connectivity index (χ2n) is 7.26. The highest BCUT2D eigenvalue weighted by molar-refractivity contribution is 6.23. The number of carbonyl (C=O) groups is 3. The topological polar surface area (TPSA) is 83.8 Å². The zero-order valence-corrected chi connectivity index (χ0v) is 17.9. The summed E-state index contributed by atoms with van der Waals surface area (Å²) in [7, 11) is 2.47. The minimum absolute atomic E-state index is 0.0436. The van der Waals surface area contributed by atoms with Gasteiger partial charge in [0.2, 0.25) is 0 Å². The molecule has 32 heavy (non-hydrogen) atoms. The van der Waals surface area contributed by atoms with E-state index in [1.807, 2.05) is 49.4 Å². The van der Waals surface area contributed by atoms with Gasteiger partial charge in [0, 0.05) is 10.8 Å². The third-order valence-corrected chi connectivity index (χ3v) is 5.27. The van der Waals surface area contributed by atoms with E-state index in [1.165, 1.54) is 24.9 Å². The molecule has 0 aliphatic rings. The number of benzene rings is 3. The summed E-state index contributed by atoms with van der Waals surface area (Å²) < 4.78 is 16.8. The van der Waals surface area contributed by atoms with Crippen LogP contribution in [0.4, 0.5) is 4.79 Å². The lowest BCUT2D eigenvalue weighted by Crippen LogP contribution is -2.15. The largest absolute Gasteiger partial charge is 0.465 e. The first-order chi connectivity index (χ1) is 15.5. The van der Waals surface area contributed by atoms with Gasteiger partial charge >= 0.3 is 18.0 Å². The van der Waals surface area contributed by atoms with Gasteiger partial charge in [-0.1, -0.05) is 42.0 Å². The van der Waals surface area contributed by atoms with Crippen LogP contribution in [0.25, 0.3) is 21.8 Å². The van der Waals surface area contributed by atoms with E-state index in [-0.39, 0.29) is 17.7 Å². The molecule has 0 radical (unpaired) electrons. The first-order valence-corrected chi connectivity index (χ1v) is 9.91. The van der Waals surface area contributed by atoms with Crippen molar-refractivity contribution in [1.82, 2.24) is 4.57 Å². The van der Waals surface area contributed by atoms with E-state index in [0.29, 0.717) is 21.8 Å². The molecule has 4 aromatic rings. The van der Waals surface area contributed by atoms with Crippen LogP contribution in [0.3, 0.4) is 0 Å². The fourth-order valence-electron chi connectivity index (χ4n) is 3.80. The highest BCUT2D eigenvalue weighted by Gasteiger charge is 2.27. The average Bonchev–Trinajstić information content (AvgIpc) is 3.15. The average molecular weight is 431 g/mol. The van der Waals surface area contributed by atoms with Crippen LogP contribution in [0.5, 0.6) is 0 Å². The Labute approximate surface area is 184 Å². The highest BCUT2D eigenvalue weighted by Crippen LogP contribution is 2.35. The standard InChI is InChI=1S/C25H21NO6/c1-15-9-11-19-18(13-15)21-20(12-10-17(23(27)30-2)22(21)24(28)31-3)26(19)25(29)32-14-16-7-5-4-6-8-16/h4-13H,14H2,1-3H3. The van der Waals surface area contributed by atoms with Crippen molar-refractivity contribution in [1.29, 1.82) is 0 Å². The summed E-state index contributed by atoms with van der Waals surface area (Å²) in [5.74, 6) is -1.37. The van der Waals surface area contributed by atoms with Crippen LogP contribution < -0.4 is 0 Å². The molecular formula is C25H21NO6. The molecule has 0 bridgehead atoms. The number of hydrogen-bond donors (Lipinski definition) is 0. The molecule has 0 amide bonds. The predicted octanol–water partition coefficient (Wildman–Crippen LogP) is 4.86. The van der Waals surface area contributed by atoms with Gasteiger partial charge < -0.3 is 14.2 Å². The van der Waals surface area contributed by atoms with Crippen LogP contribution in [0.2, 0.25) is 0 Å². The molecule has 0 N–H and O–H groups in total. The van der Waals surface area contributed by atoms with Crippen LogP contribution in [0.1, 0.15) is 31.8 Å². The molecule has 0 unspecified atom stereocenters. The lowest BCUT2D eigenvalue weighted by atomic mass is 9.99. The Kier molecular flexibility index (Phi) is 5.64. The Morgan fingerprint density at radius 2 is 1.53 bits per heavy atom. The Morgan fingerprint density at radius 3 is 2.22 bits per heavy atom. The molecule has 0 saturated carbocycles. The molecule has 7 nitrogen and oxygen atoms in total. The lowest BCUT2D eigenvalue weighted by molar-refractivity contribution is 0.0557. The third-order valence-electron chi connectivity index (χ3n) is 5.27. The van der Waals surface area contributed by atoms with Crippen molar-refractivity contribution in [2.75, 3.05) is 14.2 Å². The maximum atomic E-state index is 13.2. The number of methoxy groups -OCH3 is 2. The SMILES string of the molecule is COC(=O)c1ccc2c(c1C(=O)OC)c1cc(C)ccc1n2C(=O)OCc1ccccc1. The van der Waals surface area contributed by atoms with Crippen LogP contribution in [-0.2, 0) is 20.8 Å². The van der Waals surface area contributed by atoms with Crippen LogP contribution in [0.15, 0.2) is 60.7 Å². The van der Waals surface area contributed by atoms with Gasteiger partial charge in [-0.15, -0.1) is 0 Å². The second kappa shape index (κ2) is 8.55. The number of carbonyl (C=O) groups excluding carboxylic acids is 3. The smallest absolute Gasteiger partial charge is 0.419 e. The number of nitrogens with zero attached hydrogens (tertiary/aromatic N) is 1. The van der Waals surface area contributed by atoms with Crippen molar-refractivity contribution in [3.8, 4) is 0 Å². The minimum atomic E-state index is -0.700. The molecule has 0 spiro atoms. The van der Waals surface area contributed by atoms with Crippen molar-refractivity contribution in [2.45, 2.75) is 13.5 Å². The molecule has 0 saturated heterocycles.